The van der Waals surface area contributed by atoms with E-state index < -0.39 is 29.4 Å². The van der Waals surface area contributed by atoms with Gasteiger partial charge in [0, 0.05) is 6.54 Å². The lowest BCUT2D eigenvalue weighted by atomic mass is 10.0. The van der Waals surface area contributed by atoms with Crippen molar-refractivity contribution in [2.75, 3.05) is 6.54 Å². The van der Waals surface area contributed by atoms with Gasteiger partial charge >= 0.3 is 0 Å². The fraction of sp³-hybridized carbons (Fsp3) is 0.500. The van der Waals surface area contributed by atoms with Gasteiger partial charge in [-0.2, -0.15) is 0 Å². The molecule has 24 heavy (non-hydrogen) atoms. The monoisotopic (exact) mass is 332 g/mol. The highest BCUT2D eigenvalue weighted by molar-refractivity contribution is 6.22. The van der Waals surface area contributed by atoms with Crippen LogP contribution < -0.4 is 5.32 Å². The summed E-state index contributed by atoms with van der Waals surface area (Å²) < 4.78 is 0. The molecule has 130 valence electrons. The predicted molar refractivity (Wildman–Crippen MR) is 89.5 cm³/mol. The van der Waals surface area contributed by atoms with E-state index >= 15 is 0 Å². The molecule has 2 N–H and O–H groups in total. The van der Waals surface area contributed by atoms with Gasteiger partial charge < -0.3 is 10.4 Å². The number of nitrogens with one attached hydrogen (secondary N) is 1. The highest BCUT2D eigenvalue weighted by Gasteiger charge is 2.42. The van der Waals surface area contributed by atoms with Crippen LogP contribution in [0.25, 0.3) is 0 Å². The quantitative estimate of drug-likeness (QED) is 0.775. The van der Waals surface area contributed by atoms with Crippen molar-refractivity contribution in [3.8, 4) is 0 Å². The maximum absolute atomic E-state index is 12.6. The molecular weight excluding hydrogens is 308 g/mol. The first kappa shape index (κ1) is 18.1. The molecule has 1 aliphatic rings. The minimum absolute atomic E-state index is 0.0452. The Morgan fingerprint density at radius 3 is 2.08 bits per heavy atom. The first-order valence-corrected chi connectivity index (χ1v) is 8.09. The molecule has 0 saturated carbocycles. The van der Waals surface area contributed by atoms with Crippen LogP contribution in [0.5, 0.6) is 0 Å². The Morgan fingerprint density at radius 2 is 1.67 bits per heavy atom. The molecule has 0 fully saturated rings. The average Bonchev–Trinajstić information content (AvgIpc) is 2.74. The molecule has 1 atom stereocenters. The van der Waals surface area contributed by atoms with Crippen molar-refractivity contribution in [1.82, 2.24) is 10.2 Å². The van der Waals surface area contributed by atoms with Crippen LogP contribution in [0.15, 0.2) is 24.3 Å². The number of benzene rings is 1. The molecule has 1 unspecified atom stereocenters. The van der Waals surface area contributed by atoms with E-state index in [1.54, 1.807) is 38.1 Å². The number of hydrogen-bond donors (Lipinski definition) is 2. The van der Waals surface area contributed by atoms with Gasteiger partial charge in [0.15, 0.2) is 0 Å². The number of rotatable bonds is 6. The van der Waals surface area contributed by atoms with Crippen LogP contribution in [0.3, 0.4) is 0 Å². The number of amides is 3. The SMILES string of the molecule is CC(C)CC(C(=O)NCC(C)(C)O)N1C(=O)c2ccccc2C1=O. The zero-order chi connectivity index (χ0) is 18.1. The highest BCUT2D eigenvalue weighted by atomic mass is 16.3. The Kier molecular flexibility index (Phi) is 5.08. The van der Waals surface area contributed by atoms with Crippen LogP contribution >= 0.6 is 0 Å². The second kappa shape index (κ2) is 6.73. The van der Waals surface area contributed by atoms with Crippen molar-refractivity contribution in [3.63, 3.8) is 0 Å². The lowest BCUT2D eigenvalue weighted by Gasteiger charge is -2.28. The molecule has 2 rings (SSSR count). The van der Waals surface area contributed by atoms with Gasteiger partial charge in [0.05, 0.1) is 16.7 Å². The van der Waals surface area contributed by atoms with Gasteiger partial charge in [-0.1, -0.05) is 26.0 Å². The molecule has 0 radical (unpaired) electrons. The Morgan fingerprint density at radius 1 is 1.17 bits per heavy atom. The molecule has 0 saturated heterocycles. The summed E-state index contributed by atoms with van der Waals surface area (Å²) in [4.78, 5) is 38.9. The van der Waals surface area contributed by atoms with Crippen molar-refractivity contribution in [2.24, 2.45) is 5.92 Å². The zero-order valence-electron chi connectivity index (χ0n) is 14.5. The third-order valence-corrected chi connectivity index (χ3v) is 3.83. The summed E-state index contributed by atoms with van der Waals surface area (Å²) in [6, 6.07) is 5.69. The van der Waals surface area contributed by atoms with E-state index in [1.165, 1.54) is 0 Å². The summed E-state index contributed by atoms with van der Waals surface area (Å²) in [5.41, 5.74) is -0.418. The maximum atomic E-state index is 12.6. The molecular formula is C18H24N2O4. The van der Waals surface area contributed by atoms with E-state index in [0.29, 0.717) is 17.5 Å². The van der Waals surface area contributed by atoms with Crippen LogP contribution in [-0.4, -0.2) is 45.9 Å². The third-order valence-electron chi connectivity index (χ3n) is 3.83. The smallest absolute Gasteiger partial charge is 0.262 e. The Labute approximate surface area is 141 Å². The first-order valence-electron chi connectivity index (χ1n) is 8.09. The lowest BCUT2D eigenvalue weighted by Crippen LogP contribution is -2.52. The van der Waals surface area contributed by atoms with Crippen molar-refractivity contribution in [3.05, 3.63) is 35.4 Å². The predicted octanol–water partition coefficient (Wildman–Crippen LogP) is 1.58. The van der Waals surface area contributed by atoms with Crippen LogP contribution in [-0.2, 0) is 4.79 Å². The van der Waals surface area contributed by atoms with E-state index in [2.05, 4.69) is 5.32 Å². The number of imide groups is 1. The number of carbonyl (C=O) groups excluding carboxylic acids is 3. The third kappa shape index (κ3) is 3.82. The van der Waals surface area contributed by atoms with E-state index in [9.17, 15) is 19.5 Å². The van der Waals surface area contributed by atoms with E-state index in [4.69, 9.17) is 0 Å². The normalized spacial score (nSPS) is 15.7. The molecule has 0 aromatic heterocycles. The number of aliphatic hydroxyl groups is 1. The topological polar surface area (TPSA) is 86.7 Å². The fourth-order valence-corrected chi connectivity index (χ4v) is 2.69. The molecule has 0 aliphatic carbocycles. The molecule has 6 heteroatoms. The summed E-state index contributed by atoms with van der Waals surface area (Å²) in [5.74, 6) is -1.20. The summed E-state index contributed by atoms with van der Waals surface area (Å²) in [7, 11) is 0. The number of carbonyl (C=O) groups is 3. The second-order valence-electron chi connectivity index (χ2n) is 7.20. The van der Waals surface area contributed by atoms with Gasteiger partial charge in [-0.05, 0) is 38.3 Å². The van der Waals surface area contributed by atoms with Gasteiger partial charge in [-0.15, -0.1) is 0 Å². The summed E-state index contributed by atoms with van der Waals surface area (Å²) in [5, 5.41) is 12.4. The minimum Gasteiger partial charge on any atom is -0.389 e. The standard InChI is InChI=1S/C18H24N2O4/c1-11(2)9-14(15(21)19-10-18(3,4)24)20-16(22)12-7-5-6-8-13(12)17(20)23/h5-8,11,14,24H,9-10H2,1-4H3,(H,19,21). The minimum atomic E-state index is -1.07. The number of nitrogens with zero attached hydrogens (tertiary/aromatic N) is 1. The fourth-order valence-electron chi connectivity index (χ4n) is 2.69. The van der Waals surface area contributed by atoms with Crippen molar-refractivity contribution >= 4 is 17.7 Å². The van der Waals surface area contributed by atoms with E-state index in [-0.39, 0.29) is 12.5 Å². The van der Waals surface area contributed by atoms with E-state index in [1.807, 2.05) is 13.8 Å². The molecule has 1 aromatic rings. The average molecular weight is 332 g/mol. The van der Waals surface area contributed by atoms with Crippen LogP contribution in [0.2, 0.25) is 0 Å². The molecule has 0 spiro atoms. The van der Waals surface area contributed by atoms with Gasteiger partial charge in [-0.3, -0.25) is 19.3 Å². The Bertz CT molecular complexity index is 626. The first-order chi connectivity index (χ1) is 11.1. The Balaban J connectivity index is 2.27. The van der Waals surface area contributed by atoms with Crippen LogP contribution in [0.4, 0.5) is 0 Å². The summed E-state index contributed by atoms with van der Waals surface area (Å²) in [6.45, 7) is 7.05. The van der Waals surface area contributed by atoms with Crippen molar-refractivity contribution in [2.45, 2.75) is 45.8 Å². The second-order valence-corrected chi connectivity index (χ2v) is 7.20. The summed E-state index contributed by atoms with van der Waals surface area (Å²) in [6.07, 6.45) is 0.364. The maximum Gasteiger partial charge on any atom is 0.262 e. The zero-order valence-corrected chi connectivity index (χ0v) is 14.5. The molecule has 1 heterocycles. The van der Waals surface area contributed by atoms with Crippen molar-refractivity contribution in [1.29, 1.82) is 0 Å². The number of fused-ring (bicyclic) bond motifs is 1. The van der Waals surface area contributed by atoms with Crippen LogP contribution in [0, 0.1) is 5.92 Å². The Hall–Kier alpha value is -2.21. The van der Waals surface area contributed by atoms with Crippen LogP contribution in [0.1, 0.15) is 54.8 Å². The lowest BCUT2D eigenvalue weighted by molar-refractivity contribution is -0.126. The molecule has 3 amide bonds. The highest BCUT2D eigenvalue weighted by Crippen LogP contribution is 2.27. The van der Waals surface area contributed by atoms with Gasteiger partial charge in [-0.25, -0.2) is 0 Å². The summed E-state index contributed by atoms with van der Waals surface area (Å²) >= 11 is 0. The van der Waals surface area contributed by atoms with Crippen molar-refractivity contribution < 1.29 is 19.5 Å². The van der Waals surface area contributed by atoms with Gasteiger partial charge in [0.2, 0.25) is 5.91 Å². The molecule has 1 aromatic carbocycles. The van der Waals surface area contributed by atoms with Gasteiger partial charge in [0.25, 0.3) is 11.8 Å². The largest absolute Gasteiger partial charge is 0.389 e. The van der Waals surface area contributed by atoms with E-state index in [0.717, 1.165) is 4.90 Å². The molecule has 1 aliphatic heterocycles. The van der Waals surface area contributed by atoms with Gasteiger partial charge in [0.1, 0.15) is 6.04 Å². The number of hydrogen-bond acceptors (Lipinski definition) is 4. The molecule has 0 bridgehead atoms. The molecule has 6 nitrogen and oxygen atoms in total.